The van der Waals surface area contributed by atoms with Crippen LogP contribution < -0.4 is 5.32 Å². The van der Waals surface area contributed by atoms with Crippen molar-refractivity contribution < 1.29 is 13.2 Å². The zero-order chi connectivity index (χ0) is 13.7. The van der Waals surface area contributed by atoms with Gasteiger partial charge in [0.2, 0.25) is 0 Å². The molecule has 1 N–H and O–H groups in total. The van der Waals surface area contributed by atoms with Gasteiger partial charge >= 0.3 is 0 Å². The van der Waals surface area contributed by atoms with E-state index in [9.17, 15) is 8.42 Å². The molecule has 0 aliphatic carbocycles. The van der Waals surface area contributed by atoms with Gasteiger partial charge in [-0.05, 0) is 36.6 Å². The minimum absolute atomic E-state index is 0.127. The van der Waals surface area contributed by atoms with Crippen molar-refractivity contribution in [2.45, 2.75) is 11.3 Å². The molecule has 0 radical (unpaired) electrons. The SMILES string of the molecule is O=S(=O)(CCNCC1CCOC1)c1ccc(Br)cc1. The summed E-state index contributed by atoms with van der Waals surface area (Å²) in [4.78, 5) is 0.377. The molecule has 0 aromatic heterocycles. The van der Waals surface area contributed by atoms with E-state index in [0.717, 1.165) is 30.7 Å². The second kappa shape index (κ2) is 6.83. The number of nitrogens with one attached hydrogen (secondary N) is 1. The molecule has 0 amide bonds. The molecule has 6 heteroatoms. The molecule has 1 heterocycles. The Morgan fingerprint density at radius 3 is 2.68 bits per heavy atom. The summed E-state index contributed by atoms with van der Waals surface area (Å²) in [6.45, 7) is 2.92. The summed E-state index contributed by atoms with van der Waals surface area (Å²) in [6.07, 6.45) is 1.06. The van der Waals surface area contributed by atoms with E-state index in [-0.39, 0.29) is 5.75 Å². The molecule has 2 rings (SSSR count). The Hall–Kier alpha value is -0.430. The predicted octanol–water partition coefficient (Wildman–Crippen LogP) is 1.85. The Kier molecular flexibility index (Phi) is 5.38. The van der Waals surface area contributed by atoms with E-state index in [2.05, 4.69) is 21.2 Å². The van der Waals surface area contributed by atoms with Crippen LogP contribution >= 0.6 is 15.9 Å². The molecule has 4 nitrogen and oxygen atoms in total. The molecule has 1 aliphatic rings. The van der Waals surface area contributed by atoms with Crippen LogP contribution in [0.3, 0.4) is 0 Å². The quantitative estimate of drug-likeness (QED) is 0.798. The first-order valence-electron chi connectivity index (χ1n) is 6.35. The van der Waals surface area contributed by atoms with Crippen molar-refractivity contribution in [1.82, 2.24) is 5.32 Å². The first-order chi connectivity index (χ1) is 9.08. The van der Waals surface area contributed by atoms with Gasteiger partial charge in [-0.2, -0.15) is 0 Å². The van der Waals surface area contributed by atoms with Crippen LogP contribution in [0.25, 0.3) is 0 Å². The van der Waals surface area contributed by atoms with E-state index in [1.165, 1.54) is 0 Å². The largest absolute Gasteiger partial charge is 0.381 e. The normalized spacial score (nSPS) is 19.7. The summed E-state index contributed by atoms with van der Waals surface area (Å²) in [5.74, 6) is 0.651. The molecule has 0 spiro atoms. The fourth-order valence-electron chi connectivity index (χ4n) is 2.02. The third-order valence-corrected chi connectivity index (χ3v) is 5.44. The lowest BCUT2D eigenvalue weighted by Gasteiger charge is -2.09. The maximum atomic E-state index is 12.1. The third-order valence-electron chi connectivity index (χ3n) is 3.18. The third kappa shape index (κ3) is 4.56. The number of hydrogen-bond donors (Lipinski definition) is 1. The predicted molar refractivity (Wildman–Crippen MR) is 78.0 cm³/mol. The molecule has 1 fully saturated rings. The molecule has 0 bridgehead atoms. The van der Waals surface area contributed by atoms with Gasteiger partial charge < -0.3 is 10.1 Å². The lowest BCUT2D eigenvalue weighted by molar-refractivity contribution is 0.185. The second-order valence-corrected chi connectivity index (χ2v) is 7.73. The number of benzene rings is 1. The fraction of sp³-hybridized carbons (Fsp3) is 0.538. The average molecular weight is 348 g/mol. The zero-order valence-corrected chi connectivity index (χ0v) is 13.0. The summed E-state index contributed by atoms with van der Waals surface area (Å²) >= 11 is 3.29. The van der Waals surface area contributed by atoms with Crippen LogP contribution in [-0.4, -0.2) is 40.5 Å². The highest BCUT2D eigenvalue weighted by Crippen LogP contribution is 2.15. The fourth-order valence-corrected chi connectivity index (χ4v) is 3.48. The molecule has 106 valence electrons. The van der Waals surface area contributed by atoms with Gasteiger partial charge in [-0.1, -0.05) is 15.9 Å². The molecule has 1 aliphatic heterocycles. The molecular formula is C13H18BrNO3S. The van der Waals surface area contributed by atoms with Crippen molar-refractivity contribution >= 4 is 25.8 Å². The molecule has 1 aromatic carbocycles. The summed E-state index contributed by atoms with van der Waals surface area (Å²) in [5.41, 5.74) is 0. The van der Waals surface area contributed by atoms with Gasteiger partial charge in [0, 0.05) is 24.2 Å². The van der Waals surface area contributed by atoms with E-state index < -0.39 is 9.84 Å². The van der Waals surface area contributed by atoms with Gasteiger partial charge in [0.25, 0.3) is 0 Å². The highest BCUT2D eigenvalue weighted by atomic mass is 79.9. The van der Waals surface area contributed by atoms with Crippen LogP contribution in [0.15, 0.2) is 33.6 Å². The van der Waals surface area contributed by atoms with Crippen molar-refractivity contribution in [3.63, 3.8) is 0 Å². The highest BCUT2D eigenvalue weighted by molar-refractivity contribution is 9.10. The Balaban J connectivity index is 1.79. The van der Waals surface area contributed by atoms with E-state index in [0.29, 0.717) is 17.4 Å². The second-order valence-electron chi connectivity index (χ2n) is 4.71. The number of rotatable bonds is 6. The van der Waals surface area contributed by atoms with Crippen LogP contribution in [-0.2, 0) is 14.6 Å². The number of sulfone groups is 1. The van der Waals surface area contributed by atoms with Crippen LogP contribution in [0.1, 0.15) is 6.42 Å². The molecule has 0 saturated carbocycles. The van der Waals surface area contributed by atoms with Crippen LogP contribution in [0.2, 0.25) is 0 Å². The lowest BCUT2D eigenvalue weighted by atomic mass is 10.1. The Bertz CT molecular complexity index is 495. The molecule has 1 saturated heterocycles. The maximum absolute atomic E-state index is 12.1. The minimum Gasteiger partial charge on any atom is -0.381 e. The first kappa shape index (κ1) is 15.0. The smallest absolute Gasteiger partial charge is 0.179 e. The van der Waals surface area contributed by atoms with E-state index >= 15 is 0 Å². The molecule has 1 aromatic rings. The van der Waals surface area contributed by atoms with E-state index in [1.54, 1.807) is 24.3 Å². The summed E-state index contributed by atoms with van der Waals surface area (Å²) in [7, 11) is -3.19. The molecule has 19 heavy (non-hydrogen) atoms. The molecule has 1 atom stereocenters. The zero-order valence-electron chi connectivity index (χ0n) is 10.6. The van der Waals surface area contributed by atoms with Gasteiger partial charge in [-0.3, -0.25) is 0 Å². The number of hydrogen-bond acceptors (Lipinski definition) is 4. The van der Waals surface area contributed by atoms with Gasteiger partial charge in [0.15, 0.2) is 9.84 Å². The van der Waals surface area contributed by atoms with Crippen molar-refractivity contribution in [1.29, 1.82) is 0 Å². The molecular weight excluding hydrogens is 330 g/mol. The van der Waals surface area contributed by atoms with E-state index in [1.807, 2.05) is 0 Å². The maximum Gasteiger partial charge on any atom is 0.179 e. The summed E-state index contributed by atoms with van der Waals surface area (Å²) in [6, 6.07) is 6.75. The molecule has 1 unspecified atom stereocenters. The van der Waals surface area contributed by atoms with Crippen LogP contribution in [0, 0.1) is 5.92 Å². The first-order valence-corrected chi connectivity index (χ1v) is 8.79. The van der Waals surface area contributed by atoms with Crippen molar-refractivity contribution in [2.24, 2.45) is 5.92 Å². The van der Waals surface area contributed by atoms with E-state index in [4.69, 9.17) is 4.74 Å². The summed E-state index contributed by atoms with van der Waals surface area (Å²) in [5, 5.41) is 3.20. The van der Waals surface area contributed by atoms with Gasteiger partial charge in [-0.15, -0.1) is 0 Å². The van der Waals surface area contributed by atoms with Gasteiger partial charge in [0.05, 0.1) is 17.3 Å². The number of halogens is 1. The van der Waals surface area contributed by atoms with Crippen molar-refractivity contribution in [3.05, 3.63) is 28.7 Å². The van der Waals surface area contributed by atoms with Crippen LogP contribution in [0.5, 0.6) is 0 Å². The van der Waals surface area contributed by atoms with Gasteiger partial charge in [-0.25, -0.2) is 8.42 Å². The van der Waals surface area contributed by atoms with Crippen molar-refractivity contribution in [2.75, 3.05) is 32.1 Å². The topological polar surface area (TPSA) is 55.4 Å². The monoisotopic (exact) mass is 347 g/mol. The average Bonchev–Trinajstić information content (AvgIpc) is 2.88. The van der Waals surface area contributed by atoms with Crippen LogP contribution in [0.4, 0.5) is 0 Å². The lowest BCUT2D eigenvalue weighted by Crippen LogP contribution is -2.28. The highest BCUT2D eigenvalue weighted by Gasteiger charge is 2.16. The Morgan fingerprint density at radius 2 is 2.05 bits per heavy atom. The van der Waals surface area contributed by atoms with Gasteiger partial charge in [0.1, 0.15) is 0 Å². The van der Waals surface area contributed by atoms with Crippen molar-refractivity contribution in [3.8, 4) is 0 Å². The summed E-state index contributed by atoms with van der Waals surface area (Å²) < 4.78 is 30.3. The Morgan fingerprint density at radius 1 is 1.32 bits per heavy atom. The Labute approximate surface area is 122 Å². The minimum atomic E-state index is -3.19. The number of ether oxygens (including phenoxy) is 1. The standard InChI is InChI=1S/C13H18BrNO3S/c14-12-1-3-13(4-2-12)19(16,17)8-6-15-9-11-5-7-18-10-11/h1-4,11,15H,5-10H2.